The van der Waals surface area contributed by atoms with Gasteiger partial charge in [-0.3, -0.25) is 0 Å². The van der Waals surface area contributed by atoms with Crippen molar-refractivity contribution in [3.8, 4) is 0 Å². The largest absolute Gasteiger partial charge is 0.467 e. The van der Waals surface area contributed by atoms with Crippen molar-refractivity contribution in [3.05, 3.63) is 29.3 Å². The second kappa shape index (κ2) is 5.21. The standard InChI is InChI=1S/C12H16ClNO2/c1-4-12(2,11(15)16-3)14-10-7-5-9(13)6-8-10/h5-8,14H,4H2,1-3H3. The third-order valence-electron chi connectivity index (χ3n) is 2.61. The van der Waals surface area contributed by atoms with Crippen LogP contribution < -0.4 is 5.32 Å². The van der Waals surface area contributed by atoms with E-state index in [0.717, 1.165) is 5.69 Å². The maximum absolute atomic E-state index is 11.6. The maximum Gasteiger partial charge on any atom is 0.331 e. The minimum Gasteiger partial charge on any atom is -0.467 e. The van der Waals surface area contributed by atoms with E-state index in [1.165, 1.54) is 7.11 Å². The van der Waals surface area contributed by atoms with Gasteiger partial charge in [-0.1, -0.05) is 18.5 Å². The highest BCUT2D eigenvalue weighted by Crippen LogP contribution is 2.21. The normalized spacial score (nSPS) is 14.0. The average molecular weight is 242 g/mol. The van der Waals surface area contributed by atoms with Crippen molar-refractivity contribution in [2.45, 2.75) is 25.8 Å². The Morgan fingerprint density at radius 2 is 2.00 bits per heavy atom. The summed E-state index contributed by atoms with van der Waals surface area (Å²) < 4.78 is 4.77. The van der Waals surface area contributed by atoms with Crippen LogP contribution in [0.4, 0.5) is 5.69 Å². The first-order valence-electron chi connectivity index (χ1n) is 5.14. The molecule has 16 heavy (non-hydrogen) atoms. The summed E-state index contributed by atoms with van der Waals surface area (Å²) in [4.78, 5) is 11.6. The number of esters is 1. The second-order valence-corrected chi connectivity index (χ2v) is 4.25. The van der Waals surface area contributed by atoms with Crippen molar-refractivity contribution in [1.82, 2.24) is 0 Å². The molecule has 1 aromatic carbocycles. The second-order valence-electron chi connectivity index (χ2n) is 3.81. The molecule has 0 radical (unpaired) electrons. The first kappa shape index (κ1) is 12.8. The molecule has 0 aliphatic rings. The Kier molecular flexibility index (Phi) is 4.19. The lowest BCUT2D eigenvalue weighted by atomic mass is 9.98. The molecule has 0 aromatic heterocycles. The Morgan fingerprint density at radius 3 is 2.44 bits per heavy atom. The van der Waals surface area contributed by atoms with Gasteiger partial charge >= 0.3 is 5.97 Å². The van der Waals surface area contributed by atoms with E-state index in [4.69, 9.17) is 16.3 Å². The van der Waals surface area contributed by atoms with E-state index in [0.29, 0.717) is 11.4 Å². The van der Waals surface area contributed by atoms with Crippen LogP contribution in [-0.2, 0) is 9.53 Å². The molecule has 0 heterocycles. The monoisotopic (exact) mass is 241 g/mol. The first-order chi connectivity index (χ1) is 7.51. The van der Waals surface area contributed by atoms with E-state index in [1.54, 1.807) is 12.1 Å². The number of carbonyl (C=O) groups is 1. The fourth-order valence-corrected chi connectivity index (χ4v) is 1.49. The van der Waals surface area contributed by atoms with Crippen LogP contribution in [0.5, 0.6) is 0 Å². The maximum atomic E-state index is 11.6. The van der Waals surface area contributed by atoms with Gasteiger partial charge in [0.15, 0.2) is 0 Å². The SMILES string of the molecule is CCC(C)(Nc1ccc(Cl)cc1)C(=O)OC. The van der Waals surface area contributed by atoms with Crippen molar-refractivity contribution in [2.24, 2.45) is 0 Å². The van der Waals surface area contributed by atoms with E-state index in [-0.39, 0.29) is 5.97 Å². The summed E-state index contributed by atoms with van der Waals surface area (Å²) in [7, 11) is 1.39. The molecule has 1 atom stereocenters. The molecule has 0 aliphatic carbocycles. The van der Waals surface area contributed by atoms with Crippen LogP contribution in [-0.4, -0.2) is 18.6 Å². The van der Waals surface area contributed by atoms with Gasteiger partial charge in [-0.2, -0.15) is 0 Å². The van der Waals surface area contributed by atoms with Crippen LogP contribution in [0.25, 0.3) is 0 Å². The zero-order valence-electron chi connectivity index (χ0n) is 9.71. The molecule has 1 unspecified atom stereocenters. The lowest BCUT2D eigenvalue weighted by Crippen LogP contribution is -2.43. The first-order valence-corrected chi connectivity index (χ1v) is 5.52. The fourth-order valence-electron chi connectivity index (χ4n) is 1.36. The zero-order valence-corrected chi connectivity index (χ0v) is 10.5. The number of halogens is 1. The predicted molar refractivity (Wildman–Crippen MR) is 65.8 cm³/mol. The lowest BCUT2D eigenvalue weighted by molar-refractivity contribution is -0.145. The van der Waals surface area contributed by atoms with E-state index >= 15 is 0 Å². The number of carbonyl (C=O) groups excluding carboxylic acids is 1. The molecule has 88 valence electrons. The van der Waals surface area contributed by atoms with Gasteiger partial charge in [-0.25, -0.2) is 4.79 Å². The van der Waals surface area contributed by atoms with Gasteiger partial charge in [0.05, 0.1) is 7.11 Å². The molecule has 4 heteroatoms. The van der Waals surface area contributed by atoms with Gasteiger partial charge in [-0.05, 0) is 37.6 Å². The van der Waals surface area contributed by atoms with E-state index in [2.05, 4.69) is 5.32 Å². The van der Waals surface area contributed by atoms with Gasteiger partial charge in [0.1, 0.15) is 5.54 Å². The molecule has 3 nitrogen and oxygen atoms in total. The number of benzene rings is 1. The number of ether oxygens (including phenoxy) is 1. The van der Waals surface area contributed by atoms with Crippen molar-refractivity contribution in [2.75, 3.05) is 12.4 Å². The third-order valence-corrected chi connectivity index (χ3v) is 2.86. The van der Waals surface area contributed by atoms with E-state index in [1.807, 2.05) is 26.0 Å². The molecule has 0 saturated carbocycles. The summed E-state index contributed by atoms with van der Waals surface area (Å²) >= 11 is 5.79. The highest BCUT2D eigenvalue weighted by Gasteiger charge is 2.32. The smallest absolute Gasteiger partial charge is 0.331 e. The Hall–Kier alpha value is -1.22. The van der Waals surface area contributed by atoms with Crippen molar-refractivity contribution < 1.29 is 9.53 Å². The molecule has 0 aliphatic heterocycles. The van der Waals surface area contributed by atoms with Crippen molar-refractivity contribution >= 4 is 23.3 Å². The number of hydrogen-bond acceptors (Lipinski definition) is 3. The number of methoxy groups -OCH3 is 1. The summed E-state index contributed by atoms with van der Waals surface area (Å²) in [6.07, 6.45) is 0.641. The summed E-state index contributed by atoms with van der Waals surface area (Å²) in [5.74, 6) is -0.273. The fraction of sp³-hybridized carbons (Fsp3) is 0.417. The Balaban J connectivity index is 2.84. The molecular formula is C12H16ClNO2. The summed E-state index contributed by atoms with van der Waals surface area (Å²) in [6, 6.07) is 7.22. The minimum atomic E-state index is -0.706. The van der Waals surface area contributed by atoms with Gasteiger partial charge in [0, 0.05) is 10.7 Å². The van der Waals surface area contributed by atoms with E-state index in [9.17, 15) is 4.79 Å². The molecule has 0 fully saturated rings. The van der Waals surface area contributed by atoms with Crippen LogP contribution in [0.15, 0.2) is 24.3 Å². The minimum absolute atomic E-state index is 0.273. The van der Waals surface area contributed by atoms with Gasteiger partial charge in [0.25, 0.3) is 0 Å². The highest BCUT2D eigenvalue weighted by atomic mass is 35.5. The number of anilines is 1. The molecule has 0 amide bonds. The van der Waals surface area contributed by atoms with Gasteiger partial charge in [0.2, 0.25) is 0 Å². The van der Waals surface area contributed by atoms with Crippen LogP contribution in [0, 0.1) is 0 Å². The lowest BCUT2D eigenvalue weighted by Gasteiger charge is -2.27. The molecule has 1 aromatic rings. The van der Waals surface area contributed by atoms with Crippen LogP contribution >= 0.6 is 11.6 Å². The van der Waals surface area contributed by atoms with Crippen LogP contribution in [0.3, 0.4) is 0 Å². The number of nitrogens with one attached hydrogen (secondary N) is 1. The average Bonchev–Trinajstić information content (AvgIpc) is 2.31. The number of hydrogen-bond donors (Lipinski definition) is 1. The Morgan fingerprint density at radius 1 is 1.44 bits per heavy atom. The summed E-state index contributed by atoms with van der Waals surface area (Å²) in [5.41, 5.74) is 0.141. The molecular weight excluding hydrogens is 226 g/mol. The molecule has 0 saturated heterocycles. The quantitative estimate of drug-likeness (QED) is 0.824. The molecule has 0 spiro atoms. The summed E-state index contributed by atoms with van der Waals surface area (Å²) in [5, 5.41) is 3.82. The van der Waals surface area contributed by atoms with Crippen molar-refractivity contribution in [1.29, 1.82) is 0 Å². The Labute approximate surface area is 101 Å². The topological polar surface area (TPSA) is 38.3 Å². The number of rotatable bonds is 4. The zero-order chi connectivity index (χ0) is 12.2. The molecule has 1 N–H and O–H groups in total. The molecule has 1 rings (SSSR count). The van der Waals surface area contributed by atoms with Crippen LogP contribution in [0.2, 0.25) is 5.02 Å². The van der Waals surface area contributed by atoms with Crippen molar-refractivity contribution in [3.63, 3.8) is 0 Å². The van der Waals surface area contributed by atoms with Crippen LogP contribution in [0.1, 0.15) is 20.3 Å². The highest BCUT2D eigenvalue weighted by molar-refractivity contribution is 6.30. The van der Waals surface area contributed by atoms with Gasteiger partial charge in [-0.15, -0.1) is 0 Å². The summed E-state index contributed by atoms with van der Waals surface area (Å²) in [6.45, 7) is 3.74. The van der Waals surface area contributed by atoms with E-state index < -0.39 is 5.54 Å². The van der Waals surface area contributed by atoms with Gasteiger partial charge < -0.3 is 10.1 Å². The third kappa shape index (κ3) is 2.89. The molecule has 0 bridgehead atoms. The Bertz CT molecular complexity index is 364. The predicted octanol–water partition coefficient (Wildman–Crippen LogP) is 3.09.